The van der Waals surface area contributed by atoms with Gasteiger partial charge in [0.25, 0.3) is 0 Å². The van der Waals surface area contributed by atoms with Gasteiger partial charge in [-0.25, -0.2) is 9.78 Å². The lowest BCUT2D eigenvalue weighted by Gasteiger charge is -2.70. The zero-order chi connectivity index (χ0) is 21.0. The Kier molecular flexibility index (Phi) is 3.47. The van der Waals surface area contributed by atoms with Crippen molar-refractivity contribution in [3.8, 4) is 5.75 Å². The Balaban J connectivity index is 1.49. The van der Waals surface area contributed by atoms with Crippen LogP contribution in [0.2, 0.25) is 0 Å². The summed E-state index contributed by atoms with van der Waals surface area (Å²) in [5.74, 6) is 2.92. The van der Waals surface area contributed by atoms with Gasteiger partial charge in [0.1, 0.15) is 11.4 Å². The molecule has 8 rings (SSSR count). The highest BCUT2D eigenvalue weighted by Gasteiger charge is 2.77. The number of ether oxygens (including phenoxy) is 1. The standard InChI is InChI=1S/C26H27NO4/c1-15(28)29-20-7-8-24-22(14-20)26(21-5-3-4-6-23(21)27(24)2)25(30-31-26)18-10-16-9-17(12-18)13-19(25)11-16/h3-8,14,16-19H,9-13H2,1-2H3. The van der Waals surface area contributed by atoms with Crippen LogP contribution in [0.25, 0.3) is 0 Å². The first-order valence-corrected chi connectivity index (χ1v) is 11.6. The van der Waals surface area contributed by atoms with Gasteiger partial charge in [0.15, 0.2) is 5.60 Å². The van der Waals surface area contributed by atoms with Crippen molar-refractivity contribution in [1.29, 1.82) is 0 Å². The molecule has 0 aromatic heterocycles. The highest BCUT2D eigenvalue weighted by Crippen LogP contribution is 2.73. The van der Waals surface area contributed by atoms with Gasteiger partial charge in [0, 0.05) is 36.5 Å². The lowest BCUT2D eigenvalue weighted by Crippen LogP contribution is -2.76. The van der Waals surface area contributed by atoms with Crippen molar-refractivity contribution in [2.45, 2.75) is 50.2 Å². The lowest BCUT2D eigenvalue weighted by molar-refractivity contribution is -0.583. The van der Waals surface area contributed by atoms with Crippen LogP contribution in [0.5, 0.6) is 5.75 Å². The molecule has 1 saturated heterocycles. The monoisotopic (exact) mass is 417 g/mol. The van der Waals surface area contributed by atoms with Crippen LogP contribution >= 0.6 is 0 Å². The predicted molar refractivity (Wildman–Crippen MR) is 115 cm³/mol. The molecule has 5 nitrogen and oxygen atoms in total. The summed E-state index contributed by atoms with van der Waals surface area (Å²) in [6.45, 7) is 1.44. The average Bonchev–Trinajstić information content (AvgIpc) is 2.72. The quantitative estimate of drug-likeness (QED) is 0.367. The third-order valence-corrected chi connectivity index (χ3v) is 8.82. The molecule has 2 aromatic rings. The Labute approximate surface area is 182 Å². The summed E-state index contributed by atoms with van der Waals surface area (Å²) in [4.78, 5) is 26.6. The van der Waals surface area contributed by atoms with Gasteiger partial charge < -0.3 is 9.64 Å². The van der Waals surface area contributed by atoms with Gasteiger partial charge >= 0.3 is 5.97 Å². The second kappa shape index (κ2) is 5.90. The molecule has 5 fully saturated rings. The fourth-order valence-corrected chi connectivity index (χ4v) is 7.99. The van der Waals surface area contributed by atoms with Crippen LogP contribution in [-0.2, 0) is 20.2 Å². The Morgan fingerprint density at radius 2 is 1.61 bits per heavy atom. The maximum Gasteiger partial charge on any atom is 0.308 e. The minimum atomic E-state index is -0.662. The molecular formula is C26H27NO4. The Morgan fingerprint density at radius 3 is 2.26 bits per heavy atom. The zero-order valence-electron chi connectivity index (χ0n) is 18.0. The number of esters is 1. The van der Waals surface area contributed by atoms with E-state index >= 15 is 0 Å². The van der Waals surface area contributed by atoms with Gasteiger partial charge in [0.2, 0.25) is 0 Å². The number of nitrogens with zero attached hydrogens (tertiary/aromatic N) is 1. The van der Waals surface area contributed by atoms with E-state index in [0.717, 1.165) is 28.8 Å². The van der Waals surface area contributed by atoms with Crippen molar-refractivity contribution < 1.29 is 19.3 Å². The topological polar surface area (TPSA) is 48.0 Å². The number of carbonyl (C=O) groups excluding carboxylic acids is 1. The number of rotatable bonds is 1. The molecule has 1 unspecified atom stereocenters. The summed E-state index contributed by atoms with van der Waals surface area (Å²) >= 11 is 0. The molecule has 31 heavy (non-hydrogen) atoms. The molecule has 160 valence electrons. The first-order valence-electron chi connectivity index (χ1n) is 11.6. The Hall–Kier alpha value is -2.37. The average molecular weight is 418 g/mol. The molecule has 2 spiro atoms. The third-order valence-electron chi connectivity index (χ3n) is 8.82. The first kappa shape index (κ1) is 18.2. The zero-order valence-corrected chi connectivity index (χ0v) is 18.0. The van der Waals surface area contributed by atoms with Crippen LogP contribution in [-0.4, -0.2) is 18.6 Å². The fraction of sp³-hybridized carbons (Fsp3) is 0.500. The maximum atomic E-state index is 11.7. The van der Waals surface area contributed by atoms with Crippen LogP contribution in [0.4, 0.5) is 11.4 Å². The van der Waals surface area contributed by atoms with Gasteiger partial charge in [-0.15, -0.1) is 0 Å². The van der Waals surface area contributed by atoms with Crippen molar-refractivity contribution in [2.24, 2.45) is 23.7 Å². The molecule has 4 bridgehead atoms. The van der Waals surface area contributed by atoms with Gasteiger partial charge in [-0.2, -0.15) is 0 Å². The number of para-hydroxylation sites is 1. The molecule has 4 saturated carbocycles. The van der Waals surface area contributed by atoms with E-state index in [-0.39, 0.29) is 11.6 Å². The van der Waals surface area contributed by atoms with E-state index in [9.17, 15) is 4.79 Å². The Morgan fingerprint density at radius 1 is 0.935 bits per heavy atom. The van der Waals surface area contributed by atoms with E-state index in [1.165, 1.54) is 44.6 Å². The van der Waals surface area contributed by atoms with Crippen LogP contribution in [0, 0.1) is 23.7 Å². The van der Waals surface area contributed by atoms with Crippen LogP contribution in [0.15, 0.2) is 42.5 Å². The summed E-state index contributed by atoms with van der Waals surface area (Å²) in [7, 11) is 2.10. The van der Waals surface area contributed by atoms with Crippen molar-refractivity contribution in [1.82, 2.24) is 0 Å². The van der Waals surface area contributed by atoms with Crippen LogP contribution < -0.4 is 9.64 Å². The number of benzene rings is 2. The van der Waals surface area contributed by atoms with Crippen molar-refractivity contribution in [3.63, 3.8) is 0 Å². The molecule has 2 heterocycles. The normalized spacial score (nSPS) is 38.7. The molecule has 2 aliphatic heterocycles. The third kappa shape index (κ3) is 2.07. The summed E-state index contributed by atoms with van der Waals surface area (Å²) in [5.41, 5.74) is 3.47. The number of fused-ring (bicyclic) bond motifs is 4. The molecule has 2 aromatic carbocycles. The largest absolute Gasteiger partial charge is 0.427 e. The van der Waals surface area contributed by atoms with E-state index in [0.29, 0.717) is 17.6 Å². The number of carbonyl (C=O) groups is 1. The number of hydrogen-bond donors (Lipinski definition) is 0. The molecule has 4 aliphatic carbocycles. The molecule has 5 heteroatoms. The highest BCUT2D eigenvalue weighted by atomic mass is 17.3. The Bertz CT molecular complexity index is 1080. The van der Waals surface area contributed by atoms with E-state index in [2.05, 4.69) is 42.3 Å². The second-order valence-electron chi connectivity index (χ2n) is 10.3. The molecule has 0 radical (unpaired) electrons. The SMILES string of the molecule is CC(=O)Oc1ccc2c(c1)C1(OOC13C1CC4CC(C1)CC3C4)c1ccccc1N2C. The maximum absolute atomic E-state index is 11.7. The minimum Gasteiger partial charge on any atom is -0.427 e. The van der Waals surface area contributed by atoms with Crippen LogP contribution in [0.3, 0.4) is 0 Å². The van der Waals surface area contributed by atoms with Crippen molar-refractivity contribution >= 4 is 17.3 Å². The van der Waals surface area contributed by atoms with E-state index in [1.807, 2.05) is 12.1 Å². The van der Waals surface area contributed by atoms with Crippen molar-refractivity contribution in [2.75, 3.05) is 11.9 Å². The molecule has 0 N–H and O–H groups in total. The smallest absolute Gasteiger partial charge is 0.308 e. The molecular weight excluding hydrogens is 390 g/mol. The molecule has 6 aliphatic rings. The number of anilines is 2. The van der Waals surface area contributed by atoms with E-state index < -0.39 is 5.60 Å². The minimum absolute atomic E-state index is 0.311. The van der Waals surface area contributed by atoms with Gasteiger partial charge in [-0.05, 0) is 80.0 Å². The van der Waals surface area contributed by atoms with E-state index in [4.69, 9.17) is 14.5 Å². The van der Waals surface area contributed by atoms with E-state index in [1.54, 1.807) is 0 Å². The van der Waals surface area contributed by atoms with Crippen LogP contribution in [0.1, 0.15) is 50.2 Å². The van der Waals surface area contributed by atoms with Crippen molar-refractivity contribution in [3.05, 3.63) is 53.6 Å². The van der Waals surface area contributed by atoms with Gasteiger partial charge in [0.05, 0.1) is 0 Å². The second-order valence-corrected chi connectivity index (χ2v) is 10.3. The fourth-order valence-electron chi connectivity index (χ4n) is 7.99. The molecule has 0 amide bonds. The van der Waals surface area contributed by atoms with Gasteiger partial charge in [-0.1, -0.05) is 18.2 Å². The summed E-state index contributed by atoms with van der Waals surface area (Å²) in [5, 5.41) is 0. The highest BCUT2D eigenvalue weighted by molar-refractivity contribution is 5.79. The summed E-state index contributed by atoms with van der Waals surface area (Å²) in [6, 6.07) is 14.5. The van der Waals surface area contributed by atoms with Gasteiger partial charge in [-0.3, -0.25) is 4.79 Å². The lowest BCUT2D eigenvalue weighted by atomic mass is 9.44. The first-order chi connectivity index (χ1) is 15.0. The number of hydrogen-bond acceptors (Lipinski definition) is 5. The summed E-state index contributed by atoms with van der Waals surface area (Å²) < 4.78 is 5.51. The summed E-state index contributed by atoms with van der Waals surface area (Å²) in [6.07, 6.45) is 6.32. The predicted octanol–water partition coefficient (Wildman–Crippen LogP) is 5.09. The molecule has 1 atom stereocenters.